The molecule has 0 aliphatic carbocycles. The van der Waals surface area contributed by atoms with E-state index < -0.39 is 6.67 Å². The third kappa shape index (κ3) is 5.60. The summed E-state index contributed by atoms with van der Waals surface area (Å²) < 4.78 is 29.0. The van der Waals surface area contributed by atoms with Crippen LogP contribution in [0.5, 0.6) is 5.75 Å². The number of alkyl halides is 1. The van der Waals surface area contributed by atoms with Crippen molar-refractivity contribution in [2.45, 2.75) is 0 Å². The van der Waals surface area contributed by atoms with Crippen molar-refractivity contribution in [1.82, 2.24) is 9.97 Å². The van der Waals surface area contributed by atoms with Crippen molar-refractivity contribution in [3.8, 4) is 16.3 Å². The molecular formula is C20H24FN3O3S. The van der Waals surface area contributed by atoms with Crippen LogP contribution in [0.2, 0.25) is 0 Å². The van der Waals surface area contributed by atoms with Crippen molar-refractivity contribution in [3.05, 3.63) is 36.5 Å². The Morgan fingerprint density at radius 3 is 2.50 bits per heavy atom. The predicted molar refractivity (Wildman–Crippen MR) is 110 cm³/mol. The minimum absolute atomic E-state index is 0.118. The molecule has 0 unspecified atom stereocenters. The van der Waals surface area contributed by atoms with Gasteiger partial charge in [0.15, 0.2) is 0 Å². The van der Waals surface area contributed by atoms with Gasteiger partial charge in [-0.25, -0.2) is 14.4 Å². The topological polar surface area (TPSA) is 56.7 Å². The Balaban J connectivity index is 1.54. The highest BCUT2D eigenvalue weighted by Crippen LogP contribution is 2.32. The summed E-state index contributed by atoms with van der Waals surface area (Å²) in [4.78, 5) is 11.1. The average Bonchev–Trinajstić information content (AvgIpc) is 3.13. The predicted octanol–water partition coefficient (Wildman–Crippen LogP) is 3.81. The molecule has 8 heteroatoms. The quantitative estimate of drug-likeness (QED) is 0.453. The lowest BCUT2D eigenvalue weighted by molar-refractivity contribution is 0.0325. The van der Waals surface area contributed by atoms with Crippen LogP contribution in [0.3, 0.4) is 0 Å². The van der Waals surface area contributed by atoms with Gasteiger partial charge in [0.2, 0.25) is 0 Å². The first-order valence-corrected chi connectivity index (χ1v) is 9.87. The summed E-state index contributed by atoms with van der Waals surface area (Å²) in [5, 5.41) is 0.932. The Bertz CT molecular complexity index is 871. The Morgan fingerprint density at radius 2 is 1.79 bits per heavy atom. The minimum Gasteiger partial charge on any atom is -0.491 e. The molecule has 28 heavy (non-hydrogen) atoms. The molecule has 0 spiro atoms. The summed E-state index contributed by atoms with van der Waals surface area (Å²) in [7, 11) is 3.93. The summed E-state index contributed by atoms with van der Waals surface area (Å²) in [5.41, 5.74) is 1.93. The number of anilines is 1. The highest BCUT2D eigenvalue weighted by molar-refractivity contribution is 7.21. The number of fused-ring (bicyclic) bond motifs is 1. The van der Waals surface area contributed by atoms with Crippen LogP contribution in [0.15, 0.2) is 36.5 Å². The molecule has 0 aliphatic rings. The fraction of sp³-hybridized carbons (Fsp3) is 0.400. The number of aromatic nitrogens is 2. The van der Waals surface area contributed by atoms with Gasteiger partial charge in [-0.3, -0.25) is 0 Å². The van der Waals surface area contributed by atoms with E-state index in [2.05, 4.69) is 9.97 Å². The zero-order valence-electron chi connectivity index (χ0n) is 16.1. The van der Waals surface area contributed by atoms with E-state index in [1.165, 1.54) is 0 Å². The summed E-state index contributed by atoms with van der Waals surface area (Å²) in [6.07, 6.45) is 1.85. The lowest BCUT2D eigenvalue weighted by Gasteiger charge is -2.10. The zero-order chi connectivity index (χ0) is 19.8. The van der Waals surface area contributed by atoms with Gasteiger partial charge in [-0.1, -0.05) is 0 Å². The molecule has 0 amide bonds. The number of hydrogen-bond acceptors (Lipinski definition) is 7. The number of hydrogen-bond donors (Lipinski definition) is 0. The van der Waals surface area contributed by atoms with Gasteiger partial charge in [0.05, 0.1) is 36.6 Å². The molecule has 0 bridgehead atoms. The number of halogens is 1. The largest absolute Gasteiger partial charge is 0.491 e. The first kappa shape index (κ1) is 20.4. The SMILES string of the molecule is CN(C)c1ccc(-c2nc3ccc(OCCOCCOCC[18F])cc3s2)cn1. The van der Waals surface area contributed by atoms with Gasteiger partial charge in [0.1, 0.15) is 29.9 Å². The number of rotatable bonds is 11. The smallest absolute Gasteiger partial charge is 0.127 e. The minimum atomic E-state index is -0.469. The van der Waals surface area contributed by atoms with Crippen LogP contribution in [-0.4, -0.2) is 63.8 Å². The van der Waals surface area contributed by atoms with Gasteiger partial charge in [-0.15, -0.1) is 11.3 Å². The highest BCUT2D eigenvalue weighted by Gasteiger charge is 2.08. The lowest BCUT2D eigenvalue weighted by Crippen LogP contribution is -2.11. The molecule has 6 nitrogen and oxygen atoms in total. The van der Waals surface area contributed by atoms with Crippen molar-refractivity contribution < 1.29 is 18.6 Å². The lowest BCUT2D eigenvalue weighted by atomic mass is 10.3. The number of benzene rings is 1. The number of pyridine rings is 1. The third-order valence-corrected chi connectivity index (χ3v) is 4.97. The molecule has 150 valence electrons. The van der Waals surface area contributed by atoms with Crippen molar-refractivity contribution in [3.63, 3.8) is 0 Å². The van der Waals surface area contributed by atoms with Gasteiger partial charge in [0.25, 0.3) is 0 Å². The Kier molecular flexibility index (Phi) is 7.53. The molecule has 0 fully saturated rings. The number of nitrogens with zero attached hydrogens (tertiary/aromatic N) is 3. The normalized spacial score (nSPS) is 11.1. The first-order chi connectivity index (χ1) is 13.7. The second-order valence-electron chi connectivity index (χ2n) is 6.21. The zero-order valence-corrected chi connectivity index (χ0v) is 16.9. The Labute approximate surface area is 167 Å². The van der Waals surface area contributed by atoms with E-state index in [4.69, 9.17) is 14.2 Å². The highest BCUT2D eigenvalue weighted by atomic mass is 32.1. The third-order valence-electron chi connectivity index (χ3n) is 3.90. The molecule has 0 atom stereocenters. The van der Waals surface area contributed by atoms with E-state index >= 15 is 0 Å². The summed E-state index contributed by atoms with van der Waals surface area (Å²) in [6.45, 7) is 1.37. The fourth-order valence-electron chi connectivity index (χ4n) is 2.49. The van der Waals surface area contributed by atoms with Gasteiger partial charge in [-0.2, -0.15) is 0 Å². The molecular weight excluding hydrogens is 380 g/mol. The van der Waals surface area contributed by atoms with Crippen LogP contribution in [0.1, 0.15) is 0 Å². The molecule has 0 radical (unpaired) electrons. The van der Waals surface area contributed by atoms with Crippen molar-refractivity contribution in [2.75, 3.05) is 58.7 Å². The van der Waals surface area contributed by atoms with Crippen molar-refractivity contribution in [2.24, 2.45) is 0 Å². The van der Waals surface area contributed by atoms with Crippen LogP contribution in [-0.2, 0) is 9.47 Å². The second kappa shape index (κ2) is 10.3. The molecule has 3 rings (SSSR count). The van der Waals surface area contributed by atoms with Gasteiger partial charge < -0.3 is 19.1 Å². The van der Waals surface area contributed by atoms with Crippen LogP contribution in [0.4, 0.5) is 10.2 Å². The standard InChI is InChI=1S/C20H24FN3O3S/c1-24(2)19-6-3-15(14-22-19)20-23-17-5-4-16(13-18(17)28-20)27-12-11-26-10-9-25-8-7-21/h3-6,13-14H,7-12H2,1-2H3/i21-1. The van der Waals surface area contributed by atoms with Gasteiger partial charge in [-0.05, 0) is 30.3 Å². The molecule has 0 N–H and O–H groups in total. The van der Waals surface area contributed by atoms with E-state index in [1.54, 1.807) is 11.3 Å². The monoisotopic (exact) mass is 404 g/mol. The van der Waals surface area contributed by atoms with Crippen molar-refractivity contribution in [1.29, 1.82) is 0 Å². The van der Waals surface area contributed by atoms with Crippen LogP contribution >= 0.6 is 11.3 Å². The van der Waals surface area contributed by atoms with E-state index in [0.29, 0.717) is 26.4 Å². The first-order valence-electron chi connectivity index (χ1n) is 9.06. The second-order valence-corrected chi connectivity index (χ2v) is 7.24. The van der Waals surface area contributed by atoms with Gasteiger partial charge >= 0.3 is 0 Å². The molecule has 1 aromatic carbocycles. The van der Waals surface area contributed by atoms with E-state index in [1.807, 2.05) is 55.5 Å². The molecule has 2 heterocycles. The van der Waals surface area contributed by atoms with E-state index in [0.717, 1.165) is 32.4 Å². The van der Waals surface area contributed by atoms with E-state index in [9.17, 15) is 4.39 Å². The average molecular weight is 404 g/mol. The van der Waals surface area contributed by atoms with Crippen LogP contribution in [0.25, 0.3) is 20.8 Å². The van der Waals surface area contributed by atoms with Crippen molar-refractivity contribution >= 4 is 27.4 Å². The molecule has 2 aromatic heterocycles. The maximum atomic E-state index is 11.9. The molecule has 0 saturated carbocycles. The Hall–Kier alpha value is -2.29. The summed E-state index contributed by atoms with van der Waals surface area (Å²) in [5.74, 6) is 1.69. The van der Waals surface area contributed by atoms with Crippen LogP contribution in [0, 0.1) is 0 Å². The molecule has 0 saturated heterocycles. The Morgan fingerprint density at radius 1 is 1.00 bits per heavy atom. The maximum Gasteiger partial charge on any atom is 0.127 e. The van der Waals surface area contributed by atoms with E-state index in [-0.39, 0.29) is 6.61 Å². The molecule has 3 aromatic rings. The summed E-state index contributed by atoms with van der Waals surface area (Å²) >= 11 is 1.61. The number of thiazole rings is 1. The number of ether oxygens (including phenoxy) is 3. The molecule has 0 aliphatic heterocycles. The van der Waals surface area contributed by atoms with Crippen LogP contribution < -0.4 is 9.64 Å². The van der Waals surface area contributed by atoms with Gasteiger partial charge in [0, 0.05) is 25.9 Å². The maximum absolute atomic E-state index is 11.9. The fourth-order valence-corrected chi connectivity index (χ4v) is 3.47. The summed E-state index contributed by atoms with van der Waals surface area (Å²) in [6, 6.07) is 9.87.